The van der Waals surface area contributed by atoms with Gasteiger partial charge in [0, 0.05) is 12.1 Å². The number of ether oxygens (including phenoxy) is 3. The van der Waals surface area contributed by atoms with Crippen LogP contribution in [0.1, 0.15) is 55.8 Å². The molecule has 4 aliphatic carbocycles. The third-order valence-corrected chi connectivity index (χ3v) is 7.33. The Hall–Kier alpha value is -2.24. The molecule has 4 fully saturated rings. The Morgan fingerprint density at radius 2 is 1.72 bits per heavy atom. The molecule has 0 heterocycles. The molecule has 1 aromatic rings. The third-order valence-electron chi connectivity index (χ3n) is 7.33. The zero-order chi connectivity index (χ0) is 20.6. The summed E-state index contributed by atoms with van der Waals surface area (Å²) < 4.78 is 15.7. The summed E-state index contributed by atoms with van der Waals surface area (Å²) in [5, 5.41) is 3.19. The molecule has 158 valence electrons. The molecule has 5 rings (SSSR count). The van der Waals surface area contributed by atoms with Gasteiger partial charge in [0.25, 0.3) is 5.91 Å². The molecule has 6 nitrogen and oxygen atoms in total. The maximum absolute atomic E-state index is 12.6. The van der Waals surface area contributed by atoms with Crippen LogP contribution >= 0.6 is 0 Å². The summed E-state index contributed by atoms with van der Waals surface area (Å²) >= 11 is 0. The van der Waals surface area contributed by atoms with Crippen molar-refractivity contribution in [2.45, 2.75) is 51.5 Å². The van der Waals surface area contributed by atoms with Crippen LogP contribution in [0.15, 0.2) is 18.2 Å². The van der Waals surface area contributed by atoms with Gasteiger partial charge in [-0.1, -0.05) is 0 Å². The molecule has 4 bridgehead atoms. The molecule has 6 heteroatoms. The maximum atomic E-state index is 12.6. The zero-order valence-corrected chi connectivity index (χ0v) is 17.5. The van der Waals surface area contributed by atoms with Crippen LogP contribution in [0, 0.1) is 23.2 Å². The van der Waals surface area contributed by atoms with Gasteiger partial charge in [-0.3, -0.25) is 4.79 Å². The highest BCUT2D eigenvalue weighted by Crippen LogP contribution is 2.61. The van der Waals surface area contributed by atoms with E-state index in [9.17, 15) is 9.59 Å². The average molecular weight is 402 g/mol. The fourth-order valence-corrected chi connectivity index (χ4v) is 6.32. The largest absolute Gasteiger partial charge is 0.497 e. The van der Waals surface area contributed by atoms with Crippen molar-refractivity contribution >= 4 is 11.9 Å². The number of amides is 1. The van der Waals surface area contributed by atoms with E-state index in [1.165, 1.54) is 52.7 Å². The van der Waals surface area contributed by atoms with Crippen molar-refractivity contribution in [3.8, 4) is 11.5 Å². The van der Waals surface area contributed by atoms with Crippen molar-refractivity contribution in [2.24, 2.45) is 23.2 Å². The van der Waals surface area contributed by atoms with E-state index in [1.807, 2.05) is 0 Å². The predicted octanol–water partition coefficient (Wildman–Crippen LogP) is 3.58. The van der Waals surface area contributed by atoms with Gasteiger partial charge in [-0.05, 0) is 80.8 Å². The van der Waals surface area contributed by atoms with E-state index in [1.54, 1.807) is 18.2 Å². The minimum absolute atomic E-state index is 0.136. The van der Waals surface area contributed by atoms with E-state index in [0.717, 1.165) is 17.8 Å². The molecular formula is C23H31NO5. The SMILES string of the molecule is COC(=O)c1ccc(OC)cc1OCC(=O)N[C@H](C)C12CC3CC(CC(C3)C1)C2. The van der Waals surface area contributed by atoms with Crippen LogP contribution in [-0.4, -0.2) is 38.7 Å². The van der Waals surface area contributed by atoms with E-state index < -0.39 is 5.97 Å². The summed E-state index contributed by atoms with van der Waals surface area (Å²) in [7, 11) is 2.85. The number of esters is 1. The van der Waals surface area contributed by atoms with Crippen molar-refractivity contribution < 1.29 is 23.8 Å². The lowest BCUT2D eigenvalue weighted by atomic mass is 9.48. The Balaban J connectivity index is 1.39. The summed E-state index contributed by atoms with van der Waals surface area (Å²) in [4.78, 5) is 24.6. The van der Waals surface area contributed by atoms with E-state index in [-0.39, 0.29) is 35.3 Å². The fraction of sp³-hybridized carbons (Fsp3) is 0.652. The van der Waals surface area contributed by atoms with Gasteiger partial charge in [-0.25, -0.2) is 4.79 Å². The van der Waals surface area contributed by atoms with Crippen LogP contribution in [-0.2, 0) is 9.53 Å². The molecule has 0 saturated heterocycles. The lowest BCUT2D eigenvalue weighted by Crippen LogP contribution is -2.56. The van der Waals surface area contributed by atoms with Crippen molar-refractivity contribution in [2.75, 3.05) is 20.8 Å². The molecule has 1 amide bonds. The van der Waals surface area contributed by atoms with Crippen molar-refractivity contribution in [1.82, 2.24) is 5.32 Å². The van der Waals surface area contributed by atoms with Crippen molar-refractivity contribution in [1.29, 1.82) is 0 Å². The highest BCUT2D eigenvalue weighted by atomic mass is 16.5. The van der Waals surface area contributed by atoms with Crippen LogP contribution in [0.4, 0.5) is 0 Å². The molecule has 0 aromatic heterocycles. The van der Waals surface area contributed by atoms with Gasteiger partial charge in [0.1, 0.15) is 17.1 Å². The van der Waals surface area contributed by atoms with Gasteiger partial charge in [0.05, 0.1) is 14.2 Å². The molecule has 29 heavy (non-hydrogen) atoms. The van der Waals surface area contributed by atoms with Gasteiger partial charge in [0.15, 0.2) is 6.61 Å². The molecule has 0 radical (unpaired) electrons. The molecule has 0 unspecified atom stereocenters. The lowest BCUT2D eigenvalue weighted by molar-refractivity contribution is -0.127. The van der Waals surface area contributed by atoms with E-state index in [4.69, 9.17) is 14.2 Å². The molecule has 0 aliphatic heterocycles. The molecule has 4 aliphatic rings. The van der Waals surface area contributed by atoms with E-state index in [2.05, 4.69) is 12.2 Å². The Bertz CT molecular complexity index is 754. The minimum Gasteiger partial charge on any atom is -0.497 e. The molecule has 1 N–H and O–H groups in total. The lowest BCUT2D eigenvalue weighted by Gasteiger charge is -2.59. The number of hydrogen-bond donors (Lipinski definition) is 1. The van der Waals surface area contributed by atoms with Gasteiger partial charge in [-0.15, -0.1) is 0 Å². The predicted molar refractivity (Wildman–Crippen MR) is 108 cm³/mol. The van der Waals surface area contributed by atoms with E-state index in [0.29, 0.717) is 5.75 Å². The highest BCUT2D eigenvalue weighted by molar-refractivity contribution is 5.92. The second-order valence-corrected chi connectivity index (χ2v) is 9.21. The second kappa shape index (κ2) is 7.88. The molecule has 1 atom stereocenters. The van der Waals surface area contributed by atoms with Crippen molar-refractivity contribution in [3.05, 3.63) is 23.8 Å². The Kier molecular flexibility index (Phi) is 5.45. The van der Waals surface area contributed by atoms with Crippen LogP contribution < -0.4 is 14.8 Å². The topological polar surface area (TPSA) is 73.9 Å². The molecule has 4 saturated carbocycles. The minimum atomic E-state index is -0.509. The number of methoxy groups -OCH3 is 2. The third kappa shape index (κ3) is 3.94. The number of carbonyl (C=O) groups is 2. The first kappa shape index (κ1) is 20.0. The summed E-state index contributed by atoms with van der Waals surface area (Å²) in [6.07, 6.45) is 7.87. The summed E-state index contributed by atoms with van der Waals surface area (Å²) in [5.74, 6) is 2.70. The number of hydrogen-bond acceptors (Lipinski definition) is 5. The van der Waals surface area contributed by atoms with Crippen LogP contribution in [0.3, 0.4) is 0 Å². The second-order valence-electron chi connectivity index (χ2n) is 9.21. The van der Waals surface area contributed by atoms with Gasteiger partial charge < -0.3 is 19.5 Å². The van der Waals surface area contributed by atoms with Gasteiger partial charge in [0.2, 0.25) is 0 Å². The smallest absolute Gasteiger partial charge is 0.341 e. The molecular weight excluding hydrogens is 370 g/mol. The first-order valence-electron chi connectivity index (χ1n) is 10.6. The Morgan fingerprint density at radius 1 is 1.10 bits per heavy atom. The zero-order valence-electron chi connectivity index (χ0n) is 17.5. The summed E-state index contributed by atoms with van der Waals surface area (Å²) in [6.45, 7) is 2.00. The standard InChI is InChI=1S/C23H31NO5/c1-14(23-10-15-6-16(11-23)8-17(7-15)12-23)24-21(25)13-29-20-9-18(27-2)4-5-19(20)22(26)28-3/h4-5,9,14-17H,6-8,10-13H2,1-3H3,(H,24,25)/t14-,15?,16?,17?,23?/m1/s1. The number of benzene rings is 1. The Morgan fingerprint density at radius 3 is 2.28 bits per heavy atom. The quantitative estimate of drug-likeness (QED) is 0.707. The highest BCUT2D eigenvalue weighted by Gasteiger charge is 2.53. The van der Waals surface area contributed by atoms with Gasteiger partial charge in [-0.2, -0.15) is 0 Å². The van der Waals surface area contributed by atoms with Crippen molar-refractivity contribution in [3.63, 3.8) is 0 Å². The van der Waals surface area contributed by atoms with Crippen LogP contribution in [0.5, 0.6) is 11.5 Å². The summed E-state index contributed by atoms with van der Waals surface area (Å²) in [5.41, 5.74) is 0.521. The number of carbonyl (C=O) groups excluding carboxylic acids is 2. The van der Waals surface area contributed by atoms with Gasteiger partial charge >= 0.3 is 5.97 Å². The summed E-state index contributed by atoms with van der Waals surface area (Å²) in [6, 6.07) is 4.98. The first-order chi connectivity index (χ1) is 13.9. The van der Waals surface area contributed by atoms with Crippen LogP contribution in [0.2, 0.25) is 0 Å². The molecule has 1 aromatic carbocycles. The molecule has 0 spiro atoms. The maximum Gasteiger partial charge on any atom is 0.341 e. The monoisotopic (exact) mass is 401 g/mol. The first-order valence-corrected chi connectivity index (χ1v) is 10.6. The Labute approximate surface area is 172 Å². The average Bonchev–Trinajstić information content (AvgIpc) is 2.70. The number of nitrogens with one attached hydrogen (secondary N) is 1. The fourth-order valence-electron chi connectivity index (χ4n) is 6.32. The number of rotatable bonds is 7. The normalized spacial score (nSPS) is 30.5. The van der Waals surface area contributed by atoms with Crippen LogP contribution in [0.25, 0.3) is 0 Å². The van der Waals surface area contributed by atoms with E-state index >= 15 is 0 Å².